The molecule has 0 fully saturated rings. The fraction of sp³-hybridized carbons (Fsp3) is 0.125. The lowest BCUT2D eigenvalue weighted by Crippen LogP contribution is -2.14. The quantitative estimate of drug-likeness (QED) is 0.304. The Balaban J connectivity index is 0.000000169. The summed E-state index contributed by atoms with van der Waals surface area (Å²) in [5.74, 6) is -0.544. The van der Waals surface area contributed by atoms with Gasteiger partial charge in [-0.25, -0.2) is 28.9 Å². The van der Waals surface area contributed by atoms with Gasteiger partial charge in [-0.3, -0.25) is 4.40 Å². The zero-order valence-electron chi connectivity index (χ0n) is 14.6. The van der Waals surface area contributed by atoms with Crippen molar-refractivity contribution in [3.8, 4) is 6.07 Å². The lowest BCUT2D eigenvalue weighted by molar-refractivity contribution is 0.0520. The number of carbonyl (C=O) groups excluding carboxylic acids is 1. The van der Waals surface area contributed by atoms with E-state index in [4.69, 9.17) is 21.6 Å². The fourth-order valence-electron chi connectivity index (χ4n) is 2.24. The van der Waals surface area contributed by atoms with E-state index >= 15 is 0 Å². The van der Waals surface area contributed by atoms with Crippen LogP contribution in [-0.4, -0.2) is 41.3 Å². The van der Waals surface area contributed by atoms with Gasteiger partial charge in [0.25, 0.3) is 0 Å². The van der Waals surface area contributed by atoms with Crippen LogP contribution in [0.4, 0.5) is 0 Å². The summed E-state index contributed by atoms with van der Waals surface area (Å²) >= 11 is 12.3. The number of hydrogen-bond donors (Lipinski definition) is 1. The number of imidazole rings is 2. The number of H-pyrrole nitrogens is 1. The number of carbonyl (C=O) groups is 1. The molecule has 148 valence electrons. The van der Waals surface area contributed by atoms with Crippen LogP contribution >= 0.6 is 43.5 Å². The number of ether oxygens (including phenoxy) is 1. The van der Waals surface area contributed by atoms with Crippen LogP contribution in [0.25, 0.3) is 11.3 Å². The molecular formula is C16H10Br2ClN7O3. The maximum atomic E-state index is 11.4. The molecular weight excluding hydrogens is 533 g/mol. The molecule has 4 rings (SSSR count). The van der Waals surface area contributed by atoms with Gasteiger partial charge in [0.15, 0.2) is 22.7 Å². The summed E-state index contributed by atoms with van der Waals surface area (Å²) in [7, 11) is 0. The maximum Gasteiger partial charge on any atom is 0.358 e. The SMILES string of the molecule is CCOC(=O)c1cn2c(=O)[nH]cc(Br)c2n1.N#Cc1cn2c(Cl)ncc(Br)c2n1. The summed E-state index contributed by atoms with van der Waals surface area (Å²) in [6, 6.07) is 1.93. The minimum atomic E-state index is -0.544. The van der Waals surface area contributed by atoms with Crippen molar-refractivity contribution in [1.82, 2.24) is 28.7 Å². The molecule has 0 radical (unpaired) electrons. The number of halogens is 3. The number of nitrogens with zero attached hydrogens (tertiary/aromatic N) is 6. The molecule has 10 nitrogen and oxygen atoms in total. The van der Waals surface area contributed by atoms with E-state index in [9.17, 15) is 9.59 Å². The van der Waals surface area contributed by atoms with E-state index in [1.165, 1.54) is 23.0 Å². The fourth-order valence-corrected chi connectivity index (χ4v) is 3.19. The lowest BCUT2D eigenvalue weighted by Gasteiger charge is -1.96. The molecule has 0 atom stereocenters. The van der Waals surface area contributed by atoms with E-state index in [2.05, 4.69) is 51.8 Å². The third kappa shape index (κ3) is 4.31. The Bertz CT molecular complexity index is 1280. The molecule has 0 aliphatic carbocycles. The first-order chi connectivity index (χ1) is 13.8. The Kier molecular flexibility index (Phi) is 6.31. The molecule has 0 amide bonds. The largest absolute Gasteiger partial charge is 0.461 e. The maximum absolute atomic E-state index is 11.4. The van der Waals surface area contributed by atoms with Gasteiger partial charge in [0.05, 0.1) is 15.6 Å². The second kappa shape index (κ2) is 8.73. The summed E-state index contributed by atoms with van der Waals surface area (Å²) in [5.41, 5.74) is 1.04. The minimum Gasteiger partial charge on any atom is -0.461 e. The predicted molar refractivity (Wildman–Crippen MR) is 110 cm³/mol. The van der Waals surface area contributed by atoms with Crippen LogP contribution in [0, 0.1) is 11.3 Å². The molecule has 0 spiro atoms. The molecule has 0 saturated heterocycles. The number of fused-ring (bicyclic) bond motifs is 2. The van der Waals surface area contributed by atoms with Crippen molar-refractivity contribution < 1.29 is 9.53 Å². The Morgan fingerprint density at radius 2 is 2.00 bits per heavy atom. The van der Waals surface area contributed by atoms with Gasteiger partial charge in [0.2, 0.25) is 5.28 Å². The Morgan fingerprint density at radius 3 is 2.62 bits per heavy atom. The highest BCUT2D eigenvalue weighted by Gasteiger charge is 2.14. The van der Waals surface area contributed by atoms with Crippen molar-refractivity contribution in [2.24, 2.45) is 0 Å². The molecule has 4 aromatic rings. The van der Waals surface area contributed by atoms with E-state index in [0.29, 0.717) is 25.9 Å². The smallest absolute Gasteiger partial charge is 0.358 e. The van der Waals surface area contributed by atoms with Crippen molar-refractivity contribution in [2.75, 3.05) is 6.61 Å². The summed E-state index contributed by atoms with van der Waals surface area (Å²) in [5, 5.41) is 8.90. The molecule has 4 heterocycles. The topological polar surface area (TPSA) is 130 Å². The summed E-state index contributed by atoms with van der Waals surface area (Å²) in [6.07, 6.45) is 5.90. The van der Waals surface area contributed by atoms with E-state index in [-0.39, 0.29) is 23.3 Å². The normalized spacial score (nSPS) is 10.4. The van der Waals surface area contributed by atoms with Crippen LogP contribution in [-0.2, 0) is 4.74 Å². The first kappa shape index (κ1) is 21.0. The van der Waals surface area contributed by atoms with Crippen LogP contribution in [0.15, 0.2) is 38.5 Å². The molecule has 0 bridgehead atoms. The second-order valence-corrected chi connectivity index (χ2v) is 7.34. The van der Waals surface area contributed by atoms with Crippen LogP contribution in [0.1, 0.15) is 23.1 Å². The van der Waals surface area contributed by atoms with Crippen LogP contribution in [0.5, 0.6) is 0 Å². The average Bonchev–Trinajstić information content (AvgIpc) is 3.35. The standard InChI is InChI=1S/C9H8BrN3O3.C7H2BrClN4/c1-2-16-8(14)6-4-13-7(12-6)5(10)3-11-9(13)15;8-5-2-11-7(9)13-3-4(1-10)12-6(5)13/h3-4H,2H2,1H3,(H,11,15);2-3H. The number of aromatic amines is 1. The van der Waals surface area contributed by atoms with Crippen LogP contribution < -0.4 is 5.69 Å². The zero-order chi connectivity index (χ0) is 21.1. The zero-order valence-corrected chi connectivity index (χ0v) is 18.5. The third-order valence-corrected chi connectivity index (χ3v) is 4.89. The molecule has 0 aliphatic heterocycles. The number of nitriles is 1. The molecule has 0 unspecified atom stereocenters. The number of hydrogen-bond acceptors (Lipinski definition) is 7. The van der Waals surface area contributed by atoms with Gasteiger partial charge in [-0.05, 0) is 50.4 Å². The van der Waals surface area contributed by atoms with Crippen LogP contribution in [0.3, 0.4) is 0 Å². The molecule has 1 N–H and O–H groups in total. The highest BCUT2D eigenvalue weighted by atomic mass is 79.9. The number of esters is 1. The van der Waals surface area contributed by atoms with E-state index in [1.54, 1.807) is 17.5 Å². The summed E-state index contributed by atoms with van der Waals surface area (Å²) in [6.45, 7) is 1.97. The third-order valence-electron chi connectivity index (χ3n) is 3.46. The predicted octanol–water partition coefficient (Wildman–Crippen LogP) is 2.98. The molecule has 0 aliphatic rings. The molecule has 4 aromatic heterocycles. The first-order valence-corrected chi connectivity index (χ1v) is 9.84. The van der Waals surface area contributed by atoms with Gasteiger partial charge in [-0.2, -0.15) is 5.26 Å². The van der Waals surface area contributed by atoms with Crippen molar-refractivity contribution in [3.05, 3.63) is 60.9 Å². The Labute approximate surface area is 184 Å². The Morgan fingerprint density at radius 1 is 1.28 bits per heavy atom. The van der Waals surface area contributed by atoms with Gasteiger partial charge in [-0.1, -0.05) is 0 Å². The second-order valence-electron chi connectivity index (χ2n) is 5.29. The lowest BCUT2D eigenvalue weighted by atomic mass is 10.5. The van der Waals surface area contributed by atoms with Gasteiger partial charge in [0.1, 0.15) is 6.07 Å². The highest BCUT2D eigenvalue weighted by Crippen LogP contribution is 2.19. The molecule has 29 heavy (non-hydrogen) atoms. The van der Waals surface area contributed by atoms with Gasteiger partial charge in [-0.15, -0.1) is 0 Å². The van der Waals surface area contributed by atoms with Crippen LogP contribution in [0.2, 0.25) is 5.28 Å². The summed E-state index contributed by atoms with van der Waals surface area (Å²) in [4.78, 5) is 37.2. The van der Waals surface area contributed by atoms with Crippen molar-refractivity contribution in [1.29, 1.82) is 5.26 Å². The van der Waals surface area contributed by atoms with Gasteiger partial charge < -0.3 is 9.72 Å². The number of rotatable bonds is 2. The average molecular weight is 544 g/mol. The molecule has 13 heteroatoms. The van der Waals surface area contributed by atoms with E-state index in [1.807, 2.05) is 6.07 Å². The van der Waals surface area contributed by atoms with Crippen molar-refractivity contribution in [3.63, 3.8) is 0 Å². The van der Waals surface area contributed by atoms with Gasteiger partial charge in [0, 0.05) is 24.8 Å². The van der Waals surface area contributed by atoms with E-state index in [0.717, 1.165) is 0 Å². The molecule has 0 aromatic carbocycles. The van der Waals surface area contributed by atoms with Gasteiger partial charge >= 0.3 is 11.7 Å². The molecule has 0 saturated carbocycles. The minimum absolute atomic E-state index is 0.110. The first-order valence-electron chi connectivity index (χ1n) is 7.88. The number of aromatic nitrogens is 6. The summed E-state index contributed by atoms with van der Waals surface area (Å²) < 4.78 is 8.89. The number of nitrogens with one attached hydrogen (secondary N) is 1. The Hall–Kier alpha value is -2.75. The van der Waals surface area contributed by atoms with Crippen molar-refractivity contribution in [2.45, 2.75) is 6.92 Å². The highest BCUT2D eigenvalue weighted by molar-refractivity contribution is 9.11. The monoisotopic (exact) mass is 541 g/mol. The van der Waals surface area contributed by atoms with Crippen molar-refractivity contribution >= 4 is 60.7 Å². The van der Waals surface area contributed by atoms with E-state index < -0.39 is 5.97 Å².